The number of H-pyrrole nitrogens is 2. The fourth-order valence-corrected chi connectivity index (χ4v) is 3.39. The number of nitrogens with one attached hydrogen (secondary N) is 3. The smallest absolute Gasteiger partial charge is 0.261 e. The highest BCUT2D eigenvalue weighted by Gasteiger charge is 2.21. The fourth-order valence-electron chi connectivity index (χ4n) is 3.39. The highest BCUT2D eigenvalue weighted by atomic mass is 16.1. The molecular weight excluding hydrogens is 302 g/mol. The first-order chi connectivity index (χ1) is 11.7. The number of anilines is 1. The molecule has 0 bridgehead atoms. The zero-order valence-corrected chi connectivity index (χ0v) is 13.4. The van der Waals surface area contributed by atoms with Crippen LogP contribution < -0.4 is 16.6 Å². The van der Waals surface area contributed by atoms with Crippen molar-refractivity contribution in [1.29, 1.82) is 0 Å². The Hall–Kier alpha value is -2.60. The Morgan fingerprint density at radius 2 is 1.92 bits per heavy atom. The van der Waals surface area contributed by atoms with Gasteiger partial charge in [-0.15, -0.1) is 0 Å². The van der Waals surface area contributed by atoms with Crippen LogP contribution in [0, 0.1) is 0 Å². The van der Waals surface area contributed by atoms with Gasteiger partial charge >= 0.3 is 0 Å². The molecule has 2 heterocycles. The lowest BCUT2D eigenvalue weighted by Crippen LogP contribution is -2.33. The first-order valence-corrected chi connectivity index (χ1v) is 8.39. The lowest BCUT2D eigenvalue weighted by Gasteiger charge is -2.28. The molecule has 0 unspecified atom stereocenters. The highest BCUT2D eigenvalue weighted by molar-refractivity contribution is 5.82. The van der Waals surface area contributed by atoms with Crippen LogP contribution in [0.3, 0.4) is 0 Å². The summed E-state index contributed by atoms with van der Waals surface area (Å²) in [4.78, 5) is 23.0. The fraction of sp³-hybridized carbons (Fsp3) is 0.333. The molecule has 5 N–H and O–H groups in total. The average Bonchev–Trinajstić information content (AvgIpc) is 3.00. The van der Waals surface area contributed by atoms with E-state index in [0.717, 1.165) is 42.4 Å². The molecule has 1 saturated carbocycles. The summed E-state index contributed by atoms with van der Waals surface area (Å²) in [7, 11) is 0. The van der Waals surface area contributed by atoms with Gasteiger partial charge in [-0.25, -0.2) is 4.98 Å². The number of aromatic amines is 2. The van der Waals surface area contributed by atoms with Crippen molar-refractivity contribution in [3.8, 4) is 11.4 Å². The molecule has 3 aromatic rings. The van der Waals surface area contributed by atoms with E-state index in [1.54, 1.807) is 6.20 Å². The number of para-hydroxylation sites is 2. The van der Waals surface area contributed by atoms with Crippen LogP contribution >= 0.6 is 0 Å². The summed E-state index contributed by atoms with van der Waals surface area (Å²) in [6.07, 6.45) is 5.74. The zero-order chi connectivity index (χ0) is 16.5. The number of pyridine rings is 1. The van der Waals surface area contributed by atoms with Gasteiger partial charge in [0, 0.05) is 18.3 Å². The quantitative estimate of drug-likeness (QED) is 0.595. The van der Waals surface area contributed by atoms with Crippen LogP contribution in [0.4, 0.5) is 5.69 Å². The first kappa shape index (κ1) is 15.0. The van der Waals surface area contributed by atoms with Gasteiger partial charge in [-0.2, -0.15) is 0 Å². The molecule has 0 aliphatic heterocycles. The van der Waals surface area contributed by atoms with Crippen molar-refractivity contribution in [3.63, 3.8) is 0 Å². The summed E-state index contributed by atoms with van der Waals surface area (Å²) in [5.74, 6) is 0.591. The van der Waals surface area contributed by atoms with Crippen LogP contribution in [0.15, 0.2) is 41.3 Å². The van der Waals surface area contributed by atoms with Crippen LogP contribution in [0.1, 0.15) is 25.7 Å². The molecule has 24 heavy (non-hydrogen) atoms. The molecule has 2 aromatic heterocycles. The molecule has 6 heteroatoms. The maximum absolute atomic E-state index is 12.4. The molecule has 0 radical (unpaired) electrons. The molecule has 1 fully saturated rings. The van der Waals surface area contributed by atoms with E-state index in [0.29, 0.717) is 23.5 Å². The van der Waals surface area contributed by atoms with Crippen LogP contribution in [0.2, 0.25) is 0 Å². The predicted molar refractivity (Wildman–Crippen MR) is 96.0 cm³/mol. The Balaban J connectivity index is 1.71. The summed E-state index contributed by atoms with van der Waals surface area (Å²) >= 11 is 0. The molecule has 4 rings (SSSR count). The number of imidazole rings is 1. The number of aromatic nitrogens is 3. The van der Waals surface area contributed by atoms with E-state index < -0.39 is 0 Å². The number of hydrogen-bond donors (Lipinski definition) is 4. The normalized spacial score (nSPS) is 21.0. The van der Waals surface area contributed by atoms with Crippen LogP contribution in [0.5, 0.6) is 0 Å². The second-order valence-corrected chi connectivity index (χ2v) is 6.45. The Morgan fingerprint density at radius 1 is 1.12 bits per heavy atom. The molecule has 0 spiro atoms. The van der Waals surface area contributed by atoms with Crippen molar-refractivity contribution < 1.29 is 0 Å². The maximum atomic E-state index is 12.4. The lowest BCUT2D eigenvalue weighted by molar-refractivity contribution is 0.411. The van der Waals surface area contributed by atoms with Crippen molar-refractivity contribution in [2.75, 3.05) is 5.32 Å². The van der Waals surface area contributed by atoms with E-state index in [1.807, 2.05) is 30.3 Å². The Bertz CT molecular complexity index is 872. The number of nitrogens with two attached hydrogens (primary N) is 1. The number of fused-ring (bicyclic) bond motifs is 1. The van der Waals surface area contributed by atoms with Gasteiger partial charge in [0.05, 0.1) is 16.7 Å². The van der Waals surface area contributed by atoms with Crippen molar-refractivity contribution in [2.45, 2.75) is 37.8 Å². The average molecular weight is 323 g/mol. The Morgan fingerprint density at radius 3 is 2.71 bits per heavy atom. The van der Waals surface area contributed by atoms with Gasteiger partial charge < -0.3 is 21.0 Å². The second-order valence-electron chi connectivity index (χ2n) is 6.45. The van der Waals surface area contributed by atoms with Crippen LogP contribution in [-0.4, -0.2) is 27.0 Å². The van der Waals surface area contributed by atoms with Gasteiger partial charge in [-0.05, 0) is 43.9 Å². The van der Waals surface area contributed by atoms with Gasteiger partial charge in [0.25, 0.3) is 5.56 Å². The van der Waals surface area contributed by atoms with Crippen molar-refractivity contribution in [1.82, 2.24) is 15.0 Å². The second kappa shape index (κ2) is 6.13. The van der Waals surface area contributed by atoms with Gasteiger partial charge in [0.15, 0.2) is 0 Å². The highest BCUT2D eigenvalue weighted by Crippen LogP contribution is 2.27. The van der Waals surface area contributed by atoms with E-state index in [9.17, 15) is 4.79 Å². The molecule has 1 aliphatic rings. The molecule has 1 aliphatic carbocycles. The standard InChI is InChI=1S/C18H21N5O/c19-11-5-7-12(8-6-11)21-15-9-10-20-18(24)16(15)17-22-13-3-1-2-4-14(13)23-17/h1-4,9-12H,5-8,19H2,(H,22,23)(H2,20,21,24). The molecule has 0 amide bonds. The van der Waals surface area contributed by atoms with E-state index >= 15 is 0 Å². The molecule has 6 nitrogen and oxygen atoms in total. The van der Waals surface area contributed by atoms with Crippen LogP contribution in [-0.2, 0) is 0 Å². The minimum Gasteiger partial charge on any atom is -0.382 e. The number of nitrogens with zero attached hydrogens (tertiary/aromatic N) is 1. The third-order valence-corrected chi connectivity index (χ3v) is 4.72. The summed E-state index contributed by atoms with van der Waals surface area (Å²) in [6, 6.07) is 10.3. The predicted octanol–water partition coefficient (Wildman–Crippen LogP) is 2.60. The maximum Gasteiger partial charge on any atom is 0.261 e. The van der Waals surface area contributed by atoms with Crippen molar-refractivity contribution in [3.05, 3.63) is 46.9 Å². The van der Waals surface area contributed by atoms with Crippen molar-refractivity contribution >= 4 is 16.7 Å². The molecule has 0 atom stereocenters. The van der Waals surface area contributed by atoms with E-state index in [-0.39, 0.29) is 5.56 Å². The van der Waals surface area contributed by atoms with Crippen LogP contribution in [0.25, 0.3) is 22.4 Å². The largest absolute Gasteiger partial charge is 0.382 e. The number of benzene rings is 1. The third kappa shape index (κ3) is 2.80. The molecule has 0 saturated heterocycles. The summed E-state index contributed by atoms with van der Waals surface area (Å²) in [5.41, 5.74) is 8.98. The summed E-state index contributed by atoms with van der Waals surface area (Å²) in [5, 5.41) is 3.52. The minimum absolute atomic E-state index is 0.147. The topological polar surface area (TPSA) is 99.6 Å². The van der Waals surface area contributed by atoms with Gasteiger partial charge in [0.1, 0.15) is 11.4 Å². The van der Waals surface area contributed by atoms with E-state index in [4.69, 9.17) is 5.73 Å². The number of hydrogen-bond acceptors (Lipinski definition) is 4. The Kier molecular flexibility index (Phi) is 3.82. The van der Waals surface area contributed by atoms with E-state index in [1.165, 1.54) is 0 Å². The molecular formula is C18H21N5O. The van der Waals surface area contributed by atoms with Crippen molar-refractivity contribution in [2.24, 2.45) is 5.73 Å². The van der Waals surface area contributed by atoms with Gasteiger partial charge in [0.2, 0.25) is 0 Å². The molecule has 1 aromatic carbocycles. The Labute approximate surface area is 139 Å². The summed E-state index contributed by atoms with van der Waals surface area (Å²) < 4.78 is 0. The monoisotopic (exact) mass is 323 g/mol. The van der Waals surface area contributed by atoms with E-state index in [2.05, 4.69) is 20.3 Å². The number of rotatable bonds is 3. The third-order valence-electron chi connectivity index (χ3n) is 4.72. The minimum atomic E-state index is -0.147. The SMILES string of the molecule is NC1CCC(Nc2cc[nH]c(=O)c2-c2nc3ccccc3[nH]2)CC1. The molecule has 124 valence electrons. The zero-order valence-electron chi connectivity index (χ0n) is 13.4. The van der Waals surface area contributed by atoms with Gasteiger partial charge in [-0.1, -0.05) is 12.1 Å². The van der Waals surface area contributed by atoms with Gasteiger partial charge in [-0.3, -0.25) is 4.79 Å². The summed E-state index contributed by atoms with van der Waals surface area (Å²) in [6.45, 7) is 0. The first-order valence-electron chi connectivity index (χ1n) is 8.39. The lowest BCUT2D eigenvalue weighted by atomic mass is 9.91.